The maximum absolute atomic E-state index is 12.7. The van der Waals surface area contributed by atoms with Crippen molar-refractivity contribution >= 4 is 12.0 Å². The van der Waals surface area contributed by atoms with Crippen LogP contribution in [0.2, 0.25) is 0 Å². The number of ether oxygens (including phenoxy) is 2. The van der Waals surface area contributed by atoms with Gasteiger partial charge in [0.1, 0.15) is 12.7 Å². The van der Waals surface area contributed by atoms with Crippen LogP contribution in [0.25, 0.3) is 0 Å². The van der Waals surface area contributed by atoms with Crippen LogP contribution in [0.15, 0.2) is 55.6 Å². The maximum Gasteiger partial charge on any atom is 0.417 e. The van der Waals surface area contributed by atoms with E-state index in [2.05, 4.69) is 13.2 Å². The third kappa shape index (κ3) is 4.29. The van der Waals surface area contributed by atoms with Crippen molar-refractivity contribution in [2.75, 3.05) is 13.2 Å². The quantitative estimate of drug-likeness (QED) is 0.692. The zero-order chi connectivity index (χ0) is 16.7. The largest absolute Gasteiger partial charge is 0.447 e. The number of rotatable bonds is 8. The van der Waals surface area contributed by atoms with Crippen LogP contribution in [0.1, 0.15) is 12.0 Å². The number of amides is 2. The monoisotopic (exact) mass is 315 g/mol. The lowest BCUT2D eigenvalue weighted by molar-refractivity contribution is -0.140. The minimum Gasteiger partial charge on any atom is -0.447 e. The molecule has 122 valence electrons. The summed E-state index contributed by atoms with van der Waals surface area (Å²) >= 11 is 0. The molecule has 0 bridgehead atoms. The van der Waals surface area contributed by atoms with E-state index in [1.54, 1.807) is 12.2 Å². The molecule has 5 nitrogen and oxygen atoms in total. The summed E-state index contributed by atoms with van der Waals surface area (Å²) in [6, 6.07) is 9.37. The van der Waals surface area contributed by atoms with Crippen molar-refractivity contribution in [1.82, 2.24) is 4.90 Å². The Kier molecular flexibility index (Phi) is 6.11. The Morgan fingerprint density at radius 1 is 1.35 bits per heavy atom. The van der Waals surface area contributed by atoms with Crippen LogP contribution in [0.3, 0.4) is 0 Å². The van der Waals surface area contributed by atoms with Gasteiger partial charge in [-0.2, -0.15) is 0 Å². The van der Waals surface area contributed by atoms with Gasteiger partial charge in [-0.05, 0) is 12.0 Å². The van der Waals surface area contributed by atoms with Gasteiger partial charge in [0.15, 0.2) is 0 Å². The molecule has 0 spiro atoms. The summed E-state index contributed by atoms with van der Waals surface area (Å²) in [5, 5.41) is 0. The molecule has 1 aromatic rings. The highest BCUT2D eigenvalue weighted by Gasteiger charge is 2.40. The Balaban J connectivity index is 2.12. The number of cyclic esters (lactones) is 1. The van der Waals surface area contributed by atoms with Gasteiger partial charge in [0.25, 0.3) is 5.91 Å². The molecule has 1 heterocycles. The third-order valence-corrected chi connectivity index (χ3v) is 3.58. The fourth-order valence-corrected chi connectivity index (χ4v) is 2.50. The normalized spacial score (nSPS) is 18.3. The molecule has 0 aliphatic carbocycles. The number of carbonyl (C=O) groups is 2. The van der Waals surface area contributed by atoms with Gasteiger partial charge in [-0.3, -0.25) is 4.79 Å². The third-order valence-electron chi connectivity index (χ3n) is 3.58. The highest BCUT2D eigenvalue weighted by atomic mass is 16.6. The van der Waals surface area contributed by atoms with Gasteiger partial charge >= 0.3 is 6.09 Å². The fourth-order valence-electron chi connectivity index (χ4n) is 2.50. The molecule has 5 heteroatoms. The molecule has 23 heavy (non-hydrogen) atoms. The second kappa shape index (κ2) is 8.29. The molecule has 0 unspecified atom stereocenters. The number of imide groups is 1. The summed E-state index contributed by atoms with van der Waals surface area (Å²) in [7, 11) is 0. The molecule has 1 saturated heterocycles. The Morgan fingerprint density at radius 2 is 2.09 bits per heavy atom. The van der Waals surface area contributed by atoms with Gasteiger partial charge in [0, 0.05) is 6.42 Å². The first-order valence-electron chi connectivity index (χ1n) is 7.54. The Hall–Kier alpha value is -2.40. The molecule has 2 atom stereocenters. The Morgan fingerprint density at radius 3 is 2.74 bits per heavy atom. The van der Waals surface area contributed by atoms with Gasteiger partial charge in [-0.25, -0.2) is 9.69 Å². The van der Waals surface area contributed by atoms with Gasteiger partial charge in [-0.15, -0.1) is 13.2 Å². The van der Waals surface area contributed by atoms with Gasteiger partial charge in [-0.1, -0.05) is 42.5 Å². The van der Waals surface area contributed by atoms with Crippen molar-refractivity contribution in [1.29, 1.82) is 0 Å². The topological polar surface area (TPSA) is 55.8 Å². The van der Waals surface area contributed by atoms with Crippen LogP contribution in [0.4, 0.5) is 4.79 Å². The van der Waals surface area contributed by atoms with Crippen molar-refractivity contribution in [2.24, 2.45) is 0 Å². The molecule has 2 amide bonds. The summed E-state index contributed by atoms with van der Waals surface area (Å²) in [6.07, 6.45) is 2.67. The second-order valence-electron chi connectivity index (χ2n) is 5.26. The van der Waals surface area contributed by atoms with Crippen LogP contribution in [-0.2, 0) is 20.7 Å². The van der Waals surface area contributed by atoms with Crippen molar-refractivity contribution in [3.63, 3.8) is 0 Å². The minimum atomic E-state index is -0.755. The van der Waals surface area contributed by atoms with Crippen LogP contribution in [0.5, 0.6) is 0 Å². The van der Waals surface area contributed by atoms with Gasteiger partial charge in [0.2, 0.25) is 0 Å². The highest BCUT2D eigenvalue weighted by Crippen LogP contribution is 2.20. The van der Waals surface area contributed by atoms with Crippen molar-refractivity contribution < 1.29 is 19.1 Å². The van der Waals surface area contributed by atoms with E-state index in [9.17, 15) is 9.59 Å². The first-order valence-corrected chi connectivity index (χ1v) is 7.54. The van der Waals surface area contributed by atoms with E-state index in [-0.39, 0.29) is 19.3 Å². The van der Waals surface area contributed by atoms with Crippen molar-refractivity contribution in [2.45, 2.75) is 25.0 Å². The first-order chi connectivity index (χ1) is 11.2. The lowest BCUT2D eigenvalue weighted by atomic mass is 10.1. The predicted octanol–water partition coefficient (Wildman–Crippen LogP) is 2.72. The lowest BCUT2D eigenvalue weighted by Crippen LogP contribution is -2.46. The van der Waals surface area contributed by atoms with Gasteiger partial charge in [0.05, 0.1) is 12.6 Å². The average molecular weight is 315 g/mol. The standard InChI is InChI=1S/C18H21NO4/c1-3-8-16(22-11-4-2)17(20)19-15(13-23-18(19)21)12-14-9-6-5-7-10-14/h3-7,9-10,15-16H,1-2,8,11-13H2/t15-,16+/m0/s1. The molecule has 0 radical (unpaired) electrons. The molecular weight excluding hydrogens is 294 g/mol. The number of benzene rings is 1. The van der Waals surface area contributed by atoms with Crippen LogP contribution >= 0.6 is 0 Å². The van der Waals surface area contributed by atoms with Crippen LogP contribution in [0, 0.1) is 0 Å². The number of hydrogen-bond donors (Lipinski definition) is 0. The van der Waals surface area contributed by atoms with Crippen molar-refractivity contribution in [3.05, 3.63) is 61.2 Å². The zero-order valence-electron chi connectivity index (χ0n) is 13.0. The lowest BCUT2D eigenvalue weighted by Gasteiger charge is -2.24. The summed E-state index contributed by atoms with van der Waals surface area (Å²) in [5.41, 5.74) is 1.04. The number of carbonyl (C=O) groups excluding carboxylic acids is 2. The van der Waals surface area contributed by atoms with E-state index in [0.29, 0.717) is 12.8 Å². The van der Waals surface area contributed by atoms with E-state index in [0.717, 1.165) is 5.56 Å². The predicted molar refractivity (Wildman–Crippen MR) is 86.9 cm³/mol. The minimum absolute atomic E-state index is 0.196. The molecule has 1 aliphatic heterocycles. The van der Waals surface area contributed by atoms with E-state index < -0.39 is 18.1 Å². The number of hydrogen-bond acceptors (Lipinski definition) is 4. The Bertz CT molecular complexity index is 570. The molecule has 1 aromatic carbocycles. The Labute approximate surface area is 136 Å². The average Bonchev–Trinajstić information content (AvgIpc) is 2.92. The SMILES string of the molecule is C=CCO[C@H](CC=C)C(=O)N1C(=O)OC[C@@H]1Cc1ccccc1. The zero-order valence-corrected chi connectivity index (χ0v) is 13.0. The van der Waals surface area contributed by atoms with Gasteiger partial charge < -0.3 is 9.47 Å². The fraction of sp³-hybridized carbons (Fsp3) is 0.333. The molecule has 2 rings (SSSR count). The van der Waals surface area contributed by atoms with Crippen LogP contribution < -0.4 is 0 Å². The van der Waals surface area contributed by atoms with Crippen LogP contribution in [-0.4, -0.2) is 42.3 Å². The van der Waals surface area contributed by atoms with Crippen molar-refractivity contribution in [3.8, 4) is 0 Å². The summed E-state index contributed by atoms with van der Waals surface area (Å²) < 4.78 is 10.5. The maximum atomic E-state index is 12.7. The molecule has 0 saturated carbocycles. The molecule has 1 aliphatic rings. The smallest absolute Gasteiger partial charge is 0.417 e. The van der Waals surface area contributed by atoms with E-state index in [4.69, 9.17) is 9.47 Å². The molecule has 1 fully saturated rings. The molecule has 0 N–H and O–H groups in total. The van der Waals surface area contributed by atoms with E-state index >= 15 is 0 Å². The van der Waals surface area contributed by atoms with E-state index in [1.807, 2.05) is 30.3 Å². The summed E-state index contributed by atoms with van der Waals surface area (Å²) in [4.78, 5) is 25.8. The first kappa shape index (κ1) is 17.0. The molecule has 0 aromatic heterocycles. The second-order valence-corrected chi connectivity index (χ2v) is 5.26. The summed E-state index contributed by atoms with van der Waals surface area (Å²) in [5.74, 6) is -0.393. The molecular formula is C18H21NO4. The highest BCUT2D eigenvalue weighted by molar-refractivity contribution is 5.96. The number of nitrogens with zero attached hydrogens (tertiary/aromatic N) is 1. The summed E-state index contributed by atoms with van der Waals surface area (Å²) in [6.45, 7) is 7.63. The van der Waals surface area contributed by atoms with E-state index in [1.165, 1.54) is 4.90 Å².